The van der Waals surface area contributed by atoms with Gasteiger partial charge in [0.2, 0.25) is 0 Å². The molecule has 108 valence electrons. The molecule has 0 spiro atoms. The van der Waals surface area contributed by atoms with E-state index in [-0.39, 0.29) is 52.0 Å². The molecule has 1 atom stereocenters. The van der Waals surface area contributed by atoms with Crippen LogP contribution in [0, 0.1) is 12.5 Å². The normalized spacial score (nSPS) is 19.1. The van der Waals surface area contributed by atoms with E-state index in [4.69, 9.17) is 4.74 Å². The van der Waals surface area contributed by atoms with Gasteiger partial charge in [-0.15, -0.1) is 6.58 Å². The summed E-state index contributed by atoms with van der Waals surface area (Å²) in [6.07, 6.45) is 7.40. The number of cyclic esters (lactones) is 2. The van der Waals surface area contributed by atoms with Gasteiger partial charge >= 0.3 is 35.0 Å². The van der Waals surface area contributed by atoms with E-state index in [1.165, 1.54) is 6.08 Å². The number of halogens is 1. The zero-order chi connectivity index (χ0) is 13.8. The second-order valence-corrected chi connectivity index (χ2v) is 3.57. The maximum Gasteiger partial charge on any atom is 2.00 e. The van der Waals surface area contributed by atoms with Crippen molar-refractivity contribution < 1.29 is 36.0 Å². The maximum atomic E-state index is 10.6. The summed E-state index contributed by atoms with van der Waals surface area (Å²) in [4.78, 5) is 20.7. The first kappa shape index (κ1) is 24.4. The van der Waals surface area contributed by atoms with E-state index in [1.54, 1.807) is 0 Å². The van der Waals surface area contributed by atoms with Crippen LogP contribution in [0.25, 0.3) is 0 Å². The van der Waals surface area contributed by atoms with Crippen LogP contribution in [0.15, 0.2) is 31.4 Å². The summed E-state index contributed by atoms with van der Waals surface area (Å²) in [7, 11) is 0. The van der Waals surface area contributed by atoms with Gasteiger partial charge in [-0.1, -0.05) is 12.2 Å². The van der Waals surface area contributed by atoms with Gasteiger partial charge in [-0.25, -0.2) is 4.79 Å². The zero-order valence-electron chi connectivity index (χ0n) is 11.6. The molecule has 0 aromatic carbocycles. The van der Waals surface area contributed by atoms with Crippen LogP contribution in [0.1, 0.15) is 19.3 Å². The number of carbonyl (C=O) groups is 2. The maximum absolute atomic E-state index is 10.6. The number of carbonyl (C=O) groups excluding carboxylic acids is 2. The van der Waals surface area contributed by atoms with Crippen LogP contribution in [-0.4, -0.2) is 48.2 Å². The average molecular weight is 356 g/mol. The summed E-state index contributed by atoms with van der Waals surface area (Å²) in [5, 5.41) is 0. The van der Waals surface area contributed by atoms with E-state index < -0.39 is 0 Å². The molecule has 0 aliphatic carbocycles. The molecule has 20 heavy (non-hydrogen) atoms. The van der Waals surface area contributed by atoms with Crippen LogP contribution >= 0.6 is 0 Å². The molecule has 1 saturated heterocycles. The molecule has 0 aromatic heterocycles. The van der Waals surface area contributed by atoms with E-state index in [0.717, 1.165) is 12.8 Å². The van der Waals surface area contributed by atoms with E-state index in [1.807, 2.05) is 12.2 Å². The van der Waals surface area contributed by atoms with Crippen molar-refractivity contribution in [2.24, 2.45) is 5.92 Å². The summed E-state index contributed by atoms with van der Waals surface area (Å²) < 4.78 is 9.28. The number of hydrogen-bond acceptors (Lipinski definition) is 4. The minimum Gasteiger partial charge on any atom is -1.00 e. The Hall–Kier alpha value is -0.594. The van der Waals surface area contributed by atoms with Crippen molar-refractivity contribution >= 4 is 35.0 Å². The Kier molecular flexibility index (Phi) is 20.1. The third-order valence-electron chi connectivity index (χ3n) is 2.30. The second kappa shape index (κ2) is 16.5. The first-order valence-electron chi connectivity index (χ1n) is 5.74. The van der Waals surface area contributed by atoms with Crippen LogP contribution in [0.5, 0.6) is 0 Å². The Morgan fingerprint density at radius 3 is 2.20 bits per heavy atom. The molecule has 2 heterocycles. The average Bonchev–Trinajstić information content (AvgIpc) is 2.42. The molecule has 0 bridgehead atoms. The summed E-state index contributed by atoms with van der Waals surface area (Å²) >= 11 is 0. The Morgan fingerprint density at radius 2 is 1.90 bits per heavy atom. The summed E-state index contributed by atoms with van der Waals surface area (Å²) in [5.74, 6) is 0.0450. The van der Waals surface area contributed by atoms with Crippen molar-refractivity contribution in [2.45, 2.75) is 19.3 Å². The van der Waals surface area contributed by atoms with Crippen LogP contribution in [-0.2, 0) is 19.1 Å². The Balaban J connectivity index is -0.000000240. The van der Waals surface area contributed by atoms with Crippen molar-refractivity contribution in [2.75, 3.05) is 13.2 Å². The van der Waals surface area contributed by atoms with E-state index >= 15 is 0 Å². The second-order valence-electron chi connectivity index (χ2n) is 3.57. The van der Waals surface area contributed by atoms with Gasteiger partial charge in [-0.2, -0.15) is 0 Å². The number of ether oxygens (including phenoxy) is 2. The molecule has 6 heteroatoms. The van der Waals surface area contributed by atoms with E-state index in [2.05, 4.69) is 24.5 Å². The molecule has 0 amide bonds. The third kappa shape index (κ3) is 12.4. The van der Waals surface area contributed by atoms with Gasteiger partial charge in [0.1, 0.15) is 0 Å². The standard InChI is InChI=1S/C7H10O2.C5H6O2.C2H3.BrH.Mg/c1-2-6-3-4-9-7(8)5-6;6-5-3-1-2-4-7-5;1-2;;/h2,6H,1,3-5H2;1,3H,2,4H2;1H,2H2;1H;/q;;-1;;+2/p-1. The SMILES string of the molecule is C=CC1CCOC(=O)C1.O=C1C=CCCO1.[Br-].[CH-]=C.[Mg+2]. The number of allylic oxidation sites excluding steroid dienone is 1. The third-order valence-corrected chi connectivity index (χ3v) is 2.30. The molecule has 0 N–H and O–H groups in total. The molecule has 1 fully saturated rings. The van der Waals surface area contributed by atoms with Crippen molar-refractivity contribution in [1.29, 1.82) is 0 Å². The summed E-state index contributed by atoms with van der Waals surface area (Å²) in [6.45, 7) is 11.7. The fourth-order valence-corrected chi connectivity index (χ4v) is 1.36. The van der Waals surface area contributed by atoms with Crippen molar-refractivity contribution in [1.82, 2.24) is 0 Å². The fraction of sp³-hybridized carbons (Fsp3) is 0.429. The van der Waals surface area contributed by atoms with Gasteiger partial charge < -0.3 is 33.0 Å². The molecule has 1 unspecified atom stereocenters. The summed E-state index contributed by atoms with van der Waals surface area (Å²) in [5.41, 5.74) is 0. The number of hydrogen-bond donors (Lipinski definition) is 0. The van der Waals surface area contributed by atoms with Gasteiger partial charge in [0.25, 0.3) is 0 Å². The largest absolute Gasteiger partial charge is 2.00 e. The molecule has 2 aliphatic heterocycles. The van der Waals surface area contributed by atoms with E-state index in [0.29, 0.717) is 25.6 Å². The first-order chi connectivity index (χ1) is 8.72. The minimum absolute atomic E-state index is 0. The van der Waals surface area contributed by atoms with Crippen LogP contribution in [0.2, 0.25) is 0 Å². The molecule has 4 nitrogen and oxygen atoms in total. The first-order valence-corrected chi connectivity index (χ1v) is 5.74. The molecule has 2 aliphatic rings. The summed E-state index contributed by atoms with van der Waals surface area (Å²) in [6, 6.07) is 0. The van der Waals surface area contributed by atoms with Crippen molar-refractivity contribution in [3.63, 3.8) is 0 Å². The molecular formula is C14H19BrMgO4. The molecule has 0 aromatic rings. The number of rotatable bonds is 1. The topological polar surface area (TPSA) is 52.6 Å². The van der Waals surface area contributed by atoms with Crippen molar-refractivity contribution in [3.05, 3.63) is 38.0 Å². The van der Waals surface area contributed by atoms with Crippen molar-refractivity contribution in [3.8, 4) is 0 Å². The Bertz CT molecular complexity index is 318. The molecular weight excluding hydrogens is 336 g/mol. The minimum atomic E-state index is -0.216. The van der Waals surface area contributed by atoms with Crippen LogP contribution < -0.4 is 17.0 Å². The van der Waals surface area contributed by atoms with Gasteiger partial charge in [-0.05, 0) is 12.3 Å². The monoisotopic (exact) mass is 354 g/mol. The Labute approximate surface area is 147 Å². The molecule has 2 rings (SSSR count). The van der Waals surface area contributed by atoms with Gasteiger partial charge in [0.15, 0.2) is 0 Å². The fourth-order valence-electron chi connectivity index (χ4n) is 1.36. The van der Waals surface area contributed by atoms with E-state index in [9.17, 15) is 9.59 Å². The number of esters is 2. The molecule has 0 saturated carbocycles. The Morgan fingerprint density at radius 1 is 1.25 bits per heavy atom. The zero-order valence-corrected chi connectivity index (χ0v) is 14.6. The smallest absolute Gasteiger partial charge is 1.00 e. The molecule has 0 radical (unpaired) electrons. The van der Waals surface area contributed by atoms with Gasteiger partial charge in [0.05, 0.1) is 19.6 Å². The van der Waals surface area contributed by atoms with Gasteiger partial charge in [0, 0.05) is 12.5 Å². The predicted molar refractivity (Wildman–Crippen MR) is 74.3 cm³/mol. The quantitative estimate of drug-likeness (QED) is 0.258. The van der Waals surface area contributed by atoms with Crippen LogP contribution in [0.3, 0.4) is 0 Å². The predicted octanol–water partition coefficient (Wildman–Crippen LogP) is -1.16. The van der Waals surface area contributed by atoms with Gasteiger partial charge in [-0.3, -0.25) is 11.4 Å². The van der Waals surface area contributed by atoms with Crippen LogP contribution in [0.4, 0.5) is 0 Å².